The SMILES string of the molecule is Cc1cc(N2CCN(C(C)C#N)CC2)nc(C(C)C)n1. The van der Waals surface area contributed by atoms with Gasteiger partial charge in [0.25, 0.3) is 0 Å². The van der Waals surface area contributed by atoms with Crippen molar-refractivity contribution in [1.29, 1.82) is 5.26 Å². The summed E-state index contributed by atoms with van der Waals surface area (Å²) in [6.07, 6.45) is 0. The van der Waals surface area contributed by atoms with Gasteiger partial charge in [0.2, 0.25) is 0 Å². The summed E-state index contributed by atoms with van der Waals surface area (Å²) < 4.78 is 0. The number of hydrogen-bond acceptors (Lipinski definition) is 5. The maximum atomic E-state index is 8.98. The highest BCUT2D eigenvalue weighted by Gasteiger charge is 2.22. The summed E-state index contributed by atoms with van der Waals surface area (Å²) in [6, 6.07) is 4.35. The molecular formula is C15H23N5. The molecule has 1 fully saturated rings. The van der Waals surface area contributed by atoms with Crippen molar-refractivity contribution in [3.63, 3.8) is 0 Å². The maximum absolute atomic E-state index is 8.98. The van der Waals surface area contributed by atoms with Gasteiger partial charge in [0.05, 0.1) is 12.1 Å². The second-order valence-corrected chi connectivity index (χ2v) is 5.71. The third-order valence-electron chi connectivity index (χ3n) is 3.75. The van der Waals surface area contributed by atoms with Crippen molar-refractivity contribution in [1.82, 2.24) is 14.9 Å². The van der Waals surface area contributed by atoms with Gasteiger partial charge in [-0.1, -0.05) is 13.8 Å². The molecule has 1 aliphatic heterocycles. The second kappa shape index (κ2) is 6.19. The number of anilines is 1. The third kappa shape index (κ3) is 3.26. The van der Waals surface area contributed by atoms with Crippen LogP contribution >= 0.6 is 0 Å². The smallest absolute Gasteiger partial charge is 0.133 e. The standard InChI is InChI=1S/C15H23N5/c1-11(2)15-17-12(3)9-14(18-15)20-7-5-19(6-8-20)13(4)10-16/h9,11,13H,5-8H2,1-4H3. The fourth-order valence-corrected chi connectivity index (χ4v) is 2.41. The minimum Gasteiger partial charge on any atom is -0.354 e. The first-order chi connectivity index (χ1) is 9.51. The summed E-state index contributed by atoms with van der Waals surface area (Å²) in [6.45, 7) is 11.9. The van der Waals surface area contributed by atoms with E-state index in [2.05, 4.69) is 45.8 Å². The van der Waals surface area contributed by atoms with Crippen molar-refractivity contribution in [2.45, 2.75) is 39.7 Å². The van der Waals surface area contributed by atoms with Crippen molar-refractivity contribution >= 4 is 5.82 Å². The molecule has 1 saturated heterocycles. The van der Waals surface area contributed by atoms with Crippen LogP contribution in [0, 0.1) is 18.3 Å². The summed E-state index contributed by atoms with van der Waals surface area (Å²) in [5, 5.41) is 8.98. The quantitative estimate of drug-likeness (QED) is 0.842. The Labute approximate surface area is 121 Å². The van der Waals surface area contributed by atoms with E-state index in [0.717, 1.165) is 43.5 Å². The third-order valence-corrected chi connectivity index (χ3v) is 3.75. The van der Waals surface area contributed by atoms with Gasteiger partial charge >= 0.3 is 0 Å². The minimum absolute atomic E-state index is 0.00416. The Kier molecular flexibility index (Phi) is 4.56. The van der Waals surface area contributed by atoms with E-state index in [4.69, 9.17) is 5.26 Å². The Balaban J connectivity index is 2.09. The molecule has 2 rings (SSSR count). The zero-order valence-corrected chi connectivity index (χ0v) is 12.8. The van der Waals surface area contributed by atoms with E-state index in [0.29, 0.717) is 5.92 Å². The average molecular weight is 273 g/mol. The molecule has 5 heteroatoms. The summed E-state index contributed by atoms with van der Waals surface area (Å²) >= 11 is 0. The van der Waals surface area contributed by atoms with Gasteiger partial charge in [-0.05, 0) is 13.8 Å². The molecule has 1 atom stereocenters. The molecular weight excluding hydrogens is 250 g/mol. The maximum Gasteiger partial charge on any atom is 0.133 e. The van der Waals surface area contributed by atoms with Gasteiger partial charge in [-0.25, -0.2) is 9.97 Å². The van der Waals surface area contributed by atoms with Gasteiger partial charge < -0.3 is 4.90 Å². The predicted octanol–water partition coefficient (Wildman–Crippen LogP) is 1.94. The number of rotatable bonds is 3. The zero-order valence-electron chi connectivity index (χ0n) is 12.8. The second-order valence-electron chi connectivity index (χ2n) is 5.71. The number of aryl methyl sites for hydroxylation is 1. The molecule has 1 aromatic heterocycles. The molecule has 0 amide bonds. The number of nitriles is 1. The van der Waals surface area contributed by atoms with E-state index in [-0.39, 0.29) is 6.04 Å². The van der Waals surface area contributed by atoms with E-state index >= 15 is 0 Å². The Morgan fingerprint density at radius 2 is 1.80 bits per heavy atom. The lowest BCUT2D eigenvalue weighted by molar-refractivity contribution is 0.231. The first-order valence-electron chi connectivity index (χ1n) is 7.25. The van der Waals surface area contributed by atoms with Crippen molar-refractivity contribution in [3.8, 4) is 6.07 Å². The molecule has 5 nitrogen and oxygen atoms in total. The van der Waals surface area contributed by atoms with Crippen LogP contribution < -0.4 is 4.90 Å². The van der Waals surface area contributed by atoms with E-state index in [1.807, 2.05) is 13.8 Å². The van der Waals surface area contributed by atoms with E-state index < -0.39 is 0 Å². The van der Waals surface area contributed by atoms with Crippen molar-refractivity contribution in [2.75, 3.05) is 31.1 Å². The van der Waals surface area contributed by atoms with E-state index in [1.54, 1.807) is 0 Å². The van der Waals surface area contributed by atoms with Crippen molar-refractivity contribution in [2.24, 2.45) is 0 Å². The lowest BCUT2D eigenvalue weighted by Crippen LogP contribution is -2.49. The highest BCUT2D eigenvalue weighted by Crippen LogP contribution is 2.19. The lowest BCUT2D eigenvalue weighted by atomic mass is 10.2. The van der Waals surface area contributed by atoms with Gasteiger partial charge in [-0.3, -0.25) is 4.90 Å². The monoisotopic (exact) mass is 273 g/mol. The van der Waals surface area contributed by atoms with Crippen LogP contribution in [0.5, 0.6) is 0 Å². The Morgan fingerprint density at radius 3 is 2.35 bits per heavy atom. The average Bonchev–Trinajstić information content (AvgIpc) is 2.46. The molecule has 2 heterocycles. The summed E-state index contributed by atoms with van der Waals surface area (Å²) in [4.78, 5) is 13.7. The van der Waals surface area contributed by atoms with Crippen LogP contribution in [0.2, 0.25) is 0 Å². The fraction of sp³-hybridized carbons (Fsp3) is 0.667. The van der Waals surface area contributed by atoms with Gasteiger partial charge in [-0.15, -0.1) is 0 Å². The highest BCUT2D eigenvalue weighted by atomic mass is 15.3. The number of aromatic nitrogens is 2. The van der Waals surface area contributed by atoms with Gasteiger partial charge in [0.1, 0.15) is 11.6 Å². The molecule has 0 N–H and O–H groups in total. The minimum atomic E-state index is -0.00416. The van der Waals surface area contributed by atoms with Crippen LogP contribution in [0.15, 0.2) is 6.07 Å². The fourth-order valence-electron chi connectivity index (χ4n) is 2.41. The van der Waals surface area contributed by atoms with Gasteiger partial charge in [-0.2, -0.15) is 5.26 Å². The Morgan fingerprint density at radius 1 is 1.15 bits per heavy atom. The molecule has 1 aliphatic rings. The van der Waals surface area contributed by atoms with Crippen LogP contribution in [0.3, 0.4) is 0 Å². The number of hydrogen-bond donors (Lipinski definition) is 0. The Bertz CT molecular complexity index is 497. The lowest BCUT2D eigenvalue weighted by Gasteiger charge is -2.36. The molecule has 1 aromatic rings. The van der Waals surface area contributed by atoms with Crippen LogP contribution in [0.1, 0.15) is 38.2 Å². The first-order valence-corrected chi connectivity index (χ1v) is 7.25. The number of nitrogens with zero attached hydrogens (tertiary/aromatic N) is 5. The van der Waals surface area contributed by atoms with Crippen molar-refractivity contribution in [3.05, 3.63) is 17.6 Å². The molecule has 108 valence electrons. The molecule has 0 radical (unpaired) electrons. The normalized spacial score (nSPS) is 18.1. The Hall–Kier alpha value is -1.67. The summed E-state index contributed by atoms with van der Waals surface area (Å²) in [5.74, 6) is 2.27. The zero-order chi connectivity index (χ0) is 14.7. The highest BCUT2D eigenvalue weighted by molar-refractivity contribution is 5.40. The number of piperazine rings is 1. The topological polar surface area (TPSA) is 56.0 Å². The van der Waals surface area contributed by atoms with Crippen LogP contribution in [-0.2, 0) is 0 Å². The molecule has 0 aromatic carbocycles. The summed E-state index contributed by atoms with van der Waals surface area (Å²) in [5.41, 5.74) is 1.02. The van der Waals surface area contributed by atoms with Gasteiger partial charge in [0.15, 0.2) is 0 Å². The molecule has 1 unspecified atom stereocenters. The predicted molar refractivity (Wildman–Crippen MR) is 79.7 cm³/mol. The van der Waals surface area contributed by atoms with Crippen LogP contribution in [-0.4, -0.2) is 47.1 Å². The first kappa shape index (κ1) is 14.7. The van der Waals surface area contributed by atoms with Crippen molar-refractivity contribution < 1.29 is 0 Å². The van der Waals surface area contributed by atoms with Crippen LogP contribution in [0.25, 0.3) is 0 Å². The molecule has 0 aliphatic carbocycles. The molecule has 0 spiro atoms. The van der Waals surface area contributed by atoms with E-state index in [9.17, 15) is 0 Å². The molecule has 0 bridgehead atoms. The van der Waals surface area contributed by atoms with E-state index in [1.165, 1.54) is 0 Å². The molecule has 0 saturated carbocycles. The molecule has 20 heavy (non-hydrogen) atoms. The summed E-state index contributed by atoms with van der Waals surface area (Å²) in [7, 11) is 0. The van der Waals surface area contributed by atoms with Gasteiger partial charge in [0, 0.05) is 43.9 Å². The largest absolute Gasteiger partial charge is 0.354 e. The van der Waals surface area contributed by atoms with Crippen LogP contribution in [0.4, 0.5) is 5.82 Å².